The molecule has 0 atom stereocenters. The lowest BCUT2D eigenvalue weighted by molar-refractivity contribution is -0.138. The Hall–Kier alpha value is -2.84. The summed E-state index contributed by atoms with van der Waals surface area (Å²) in [7, 11) is -0.993. The van der Waals surface area contributed by atoms with E-state index in [0.29, 0.717) is 5.56 Å². The van der Waals surface area contributed by atoms with Crippen LogP contribution in [-0.2, 0) is 19.6 Å². The minimum Gasteiger partial charge on any atom is -0.495 e. The molecule has 0 aliphatic carbocycles. The van der Waals surface area contributed by atoms with Gasteiger partial charge in [0.2, 0.25) is 10.0 Å². The van der Waals surface area contributed by atoms with Gasteiger partial charge in [0.1, 0.15) is 29.6 Å². The number of sulfonamides is 1. The molecule has 0 unspecified atom stereocenters. The van der Waals surface area contributed by atoms with Crippen LogP contribution in [0.4, 0.5) is 0 Å². The Bertz CT molecular complexity index is 953. The van der Waals surface area contributed by atoms with Crippen LogP contribution in [-0.4, -0.2) is 41.8 Å². The van der Waals surface area contributed by atoms with Crippen LogP contribution in [0.15, 0.2) is 53.4 Å². The van der Waals surface area contributed by atoms with Crippen molar-refractivity contribution in [1.29, 1.82) is 0 Å². The molecule has 2 aromatic rings. The molecule has 150 valence electrons. The van der Waals surface area contributed by atoms with E-state index in [1.165, 1.54) is 38.4 Å². The number of rotatable bonds is 9. The Morgan fingerprint density at radius 1 is 1.11 bits per heavy atom. The van der Waals surface area contributed by atoms with E-state index in [0.717, 1.165) is 11.3 Å². The van der Waals surface area contributed by atoms with E-state index in [9.17, 15) is 13.2 Å². The highest BCUT2D eigenvalue weighted by molar-refractivity contribution is 7.89. The van der Waals surface area contributed by atoms with Crippen molar-refractivity contribution in [1.82, 2.24) is 4.72 Å². The van der Waals surface area contributed by atoms with Gasteiger partial charge in [0.25, 0.3) is 0 Å². The summed E-state index contributed by atoms with van der Waals surface area (Å²) in [5.74, 6) is 0.398. The maximum atomic E-state index is 12.1. The summed E-state index contributed by atoms with van der Waals surface area (Å²) in [6.07, 6.45) is 2.70. The Morgan fingerprint density at radius 2 is 1.86 bits per heavy atom. The van der Waals surface area contributed by atoms with Crippen LogP contribution < -0.4 is 14.2 Å². The summed E-state index contributed by atoms with van der Waals surface area (Å²) in [6.45, 7) is 2.26. The third-order valence-electron chi connectivity index (χ3n) is 3.84. The van der Waals surface area contributed by atoms with Crippen molar-refractivity contribution in [3.63, 3.8) is 0 Å². The summed E-state index contributed by atoms with van der Waals surface area (Å²) in [5.41, 5.74) is 1.52. The standard InChI is InChI=1S/C20H23NO6S/c1-15-6-4-5-7-17(15)26-12-13-27-20(22)11-9-16-8-10-18(25-3)19(14-16)28(23,24)21-2/h4-11,14,21H,12-13H2,1-3H3/b11-9+. The van der Waals surface area contributed by atoms with Crippen molar-refractivity contribution in [2.45, 2.75) is 11.8 Å². The van der Waals surface area contributed by atoms with Crippen LogP contribution in [0.1, 0.15) is 11.1 Å². The van der Waals surface area contributed by atoms with Gasteiger partial charge >= 0.3 is 5.97 Å². The van der Waals surface area contributed by atoms with Crippen molar-refractivity contribution < 1.29 is 27.4 Å². The molecule has 0 fully saturated rings. The van der Waals surface area contributed by atoms with Gasteiger partial charge in [-0.3, -0.25) is 0 Å². The predicted octanol–water partition coefficient (Wildman–Crippen LogP) is 2.55. The van der Waals surface area contributed by atoms with E-state index < -0.39 is 16.0 Å². The molecule has 1 N–H and O–H groups in total. The third-order valence-corrected chi connectivity index (χ3v) is 5.27. The zero-order valence-corrected chi connectivity index (χ0v) is 16.8. The highest BCUT2D eigenvalue weighted by Crippen LogP contribution is 2.25. The molecule has 0 radical (unpaired) electrons. The number of methoxy groups -OCH3 is 1. The first-order valence-electron chi connectivity index (χ1n) is 8.52. The van der Waals surface area contributed by atoms with Gasteiger partial charge in [-0.2, -0.15) is 0 Å². The van der Waals surface area contributed by atoms with Crippen LogP contribution in [0.25, 0.3) is 6.08 Å². The molecule has 0 aliphatic rings. The van der Waals surface area contributed by atoms with Crippen molar-refractivity contribution in [3.05, 3.63) is 59.7 Å². The van der Waals surface area contributed by atoms with Crippen molar-refractivity contribution in [3.8, 4) is 11.5 Å². The largest absolute Gasteiger partial charge is 0.495 e. The second kappa shape index (κ2) is 9.91. The number of hydrogen-bond donors (Lipinski definition) is 1. The van der Waals surface area contributed by atoms with Crippen LogP contribution >= 0.6 is 0 Å². The number of para-hydroxylation sites is 1. The minimum atomic E-state index is -3.69. The molecular weight excluding hydrogens is 382 g/mol. The second-order valence-electron chi connectivity index (χ2n) is 5.73. The quantitative estimate of drug-likeness (QED) is 0.392. The molecule has 0 saturated carbocycles. The van der Waals surface area contributed by atoms with Gasteiger partial charge in [-0.05, 0) is 49.4 Å². The Labute approximate surface area is 165 Å². The maximum Gasteiger partial charge on any atom is 0.330 e. The zero-order valence-electron chi connectivity index (χ0n) is 16.0. The Balaban J connectivity index is 1.93. The lowest BCUT2D eigenvalue weighted by Gasteiger charge is -2.09. The summed E-state index contributed by atoms with van der Waals surface area (Å²) < 4.78 is 42.1. The molecule has 2 aromatic carbocycles. The molecule has 2 rings (SSSR count). The number of carbonyl (C=O) groups is 1. The average molecular weight is 405 g/mol. The maximum absolute atomic E-state index is 12.1. The first-order chi connectivity index (χ1) is 13.4. The van der Waals surface area contributed by atoms with Crippen LogP contribution in [0.3, 0.4) is 0 Å². The fourth-order valence-corrected chi connectivity index (χ4v) is 3.27. The number of ether oxygens (including phenoxy) is 3. The predicted molar refractivity (Wildman–Crippen MR) is 106 cm³/mol. The zero-order chi connectivity index (χ0) is 20.6. The van der Waals surface area contributed by atoms with Crippen LogP contribution in [0.2, 0.25) is 0 Å². The first kappa shape index (κ1) is 21.5. The van der Waals surface area contributed by atoms with Gasteiger partial charge in [-0.15, -0.1) is 0 Å². The molecule has 0 aromatic heterocycles. The lowest BCUT2D eigenvalue weighted by Crippen LogP contribution is -2.19. The Kier molecular flexibility index (Phi) is 7.60. The first-order valence-corrected chi connectivity index (χ1v) is 10.0. The second-order valence-corrected chi connectivity index (χ2v) is 7.59. The van der Waals surface area contributed by atoms with Crippen molar-refractivity contribution >= 4 is 22.1 Å². The molecule has 7 nitrogen and oxygen atoms in total. The van der Waals surface area contributed by atoms with E-state index in [-0.39, 0.29) is 23.9 Å². The SMILES string of the molecule is CNS(=O)(=O)c1cc(/C=C/C(=O)OCCOc2ccccc2C)ccc1OC. The molecule has 0 spiro atoms. The molecule has 0 heterocycles. The number of esters is 1. The summed E-state index contributed by atoms with van der Waals surface area (Å²) >= 11 is 0. The molecule has 0 aliphatic heterocycles. The van der Waals surface area contributed by atoms with Gasteiger partial charge in [0.05, 0.1) is 7.11 Å². The topological polar surface area (TPSA) is 90.9 Å². The van der Waals surface area contributed by atoms with E-state index in [4.69, 9.17) is 14.2 Å². The lowest BCUT2D eigenvalue weighted by atomic mass is 10.2. The molecule has 0 saturated heterocycles. The third kappa shape index (κ3) is 5.83. The minimum absolute atomic E-state index is 0.0142. The van der Waals surface area contributed by atoms with E-state index in [2.05, 4.69) is 4.72 Å². The normalized spacial score (nSPS) is 11.4. The molecule has 0 bridgehead atoms. The van der Waals surface area contributed by atoms with Crippen molar-refractivity contribution in [2.75, 3.05) is 27.4 Å². The molecule has 28 heavy (non-hydrogen) atoms. The molecular formula is C20H23NO6S. The number of nitrogens with one attached hydrogen (secondary N) is 1. The summed E-state index contributed by atoms with van der Waals surface area (Å²) in [6, 6.07) is 12.1. The van der Waals surface area contributed by atoms with Gasteiger partial charge in [0, 0.05) is 6.08 Å². The highest BCUT2D eigenvalue weighted by atomic mass is 32.2. The fourth-order valence-electron chi connectivity index (χ4n) is 2.34. The van der Waals surface area contributed by atoms with Gasteiger partial charge in [-0.25, -0.2) is 17.9 Å². The van der Waals surface area contributed by atoms with Gasteiger partial charge in [-0.1, -0.05) is 24.3 Å². The number of hydrogen-bond acceptors (Lipinski definition) is 6. The smallest absolute Gasteiger partial charge is 0.330 e. The summed E-state index contributed by atoms with van der Waals surface area (Å²) in [5, 5.41) is 0. The van der Waals surface area contributed by atoms with E-state index >= 15 is 0 Å². The van der Waals surface area contributed by atoms with E-state index in [1.54, 1.807) is 6.07 Å². The van der Waals surface area contributed by atoms with Gasteiger partial charge < -0.3 is 14.2 Å². The molecule has 0 amide bonds. The average Bonchev–Trinajstić information content (AvgIpc) is 2.70. The van der Waals surface area contributed by atoms with E-state index in [1.807, 2.05) is 31.2 Å². The number of benzene rings is 2. The monoisotopic (exact) mass is 405 g/mol. The van der Waals surface area contributed by atoms with Crippen LogP contribution in [0, 0.1) is 6.92 Å². The fraction of sp³-hybridized carbons (Fsp3) is 0.250. The van der Waals surface area contributed by atoms with Gasteiger partial charge in [0.15, 0.2) is 0 Å². The number of aryl methyl sites for hydroxylation is 1. The number of carbonyl (C=O) groups excluding carboxylic acids is 1. The van der Waals surface area contributed by atoms with Crippen LogP contribution in [0.5, 0.6) is 11.5 Å². The molecule has 8 heteroatoms. The highest BCUT2D eigenvalue weighted by Gasteiger charge is 2.17. The summed E-state index contributed by atoms with van der Waals surface area (Å²) in [4.78, 5) is 11.8. The Morgan fingerprint density at radius 3 is 2.54 bits per heavy atom. The van der Waals surface area contributed by atoms with Crippen molar-refractivity contribution in [2.24, 2.45) is 0 Å².